The molecule has 19 heavy (non-hydrogen) atoms. The van der Waals surface area contributed by atoms with Crippen molar-refractivity contribution in [3.05, 3.63) is 28.8 Å². The summed E-state index contributed by atoms with van der Waals surface area (Å²) in [5.74, 6) is 2.99. The van der Waals surface area contributed by atoms with E-state index in [-0.39, 0.29) is 5.56 Å². The lowest BCUT2D eigenvalue weighted by Gasteiger charge is -2.15. The van der Waals surface area contributed by atoms with Crippen molar-refractivity contribution in [3.8, 4) is 11.5 Å². The lowest BCUT2D eigenvalue weighted by atomic mass is 9.81. The van der Waals surface area contributed by atoms with Crippen molar-refractivity contribution in [2.24, 2.45) is 0 Å². The van der Waals surface area contributed by atoms with E-state index in [4.69, 9.17) is 5.73 Å². The van der Waals surface area contributed by atoms with Gasteiger partial charge in [-0.25, -0.2) is 0 Å². The minimum Gasteiger partial charge on any atom is -0.449 e. The summed E-state index contributed by atoms with van der Waals surface area (Å²) in [5, 5.41) is 0. The molecule has 1 rings (SSSR count). The maximum atomic E-state index is 12.5. The standard InChI is InChI=1S/C13H18BF3NSi/c1-10-12(5-6-19(2,3)4)7-11(8-13(10)18)9-14(15,16)17/h7-8H,9,18H2,1-4H3/q-1. The molecule has 0 bridgehead atoms. The highest BCUT2D eigenvalue weighted by atomic mass is 28.3. The lowest BCUT2D eigenvalue weighted by molar-refractivity contribution is 0.468. The first-order valence-corrected chi connectivity index (χ1v) is 9.61. The highest BCUT2D eigenvalue weighted by Crippen LogP contribution is 2.23. The summed E-state index contributed by atoms with van der Waals surface area (Å²) in [6, 6.07) is 2.90. The second-order valence-electron chi connectivity index (χ2n) is 5.77. The van der Waals surface area contributed by atoms with Gasteiger partial charge in [-0.1, -0.05) is 37.4 Å². The van der Waals surface area contributed by atoms with Crippen LogP contribution in [0.25, 0.3) is 0 Å². The molecule has 0 heterocycles. The summed E-state index contributed by atoms with van der Waals surface area (Å²) in [6.07, 6.45) is -0.911. The summed E-state index contributed by atoms with van der Waals surface area (Å²) in [6.45, 7) is 3.18. The maximum absolute atomic E-state index is 12.5. The fraction of sp³-hybridized carbons (Fsp3) is 0.385. The number of rotatable bonds is 2. The zero-order valence-electron chi connectivity index (χ0n) is 11.7. The van der Waals surface area contributed by atoms with Gasteiger partial charge in [0.05, 0.1) is 0 Å². The first kappa shape index (κ1) is 15.7. The van der Waals surface area contributed by atoms with Crippen LogP contribution in [0.1, 0.15) is 16.7 Å². The largest absolute Gasteiger partial charge is 0.482 e. The average molecular weight is 284 g/mol. The number of nitrogen functional groups attached to an aromatic ring is 1. The maximum Gasteiger partial charge on any atom is 0.482 e. The van der Waals surface area contributed by atoms with Crippen LogP contribution in [0.2, 0.25) is 19.6 Å². The van der Waals surface area contributed by atoms with Crippen LogP contribution in [-0.2, 0) is 6.32 Å². The highest BCUT2D eigenvalue weighted by molar-refractivity contribution is 6.83. The van der Waals surface area contributed by atoms with Gasteiger partial charge in [0.1, 0.15) is 8.07 Å². The molecule has 6 heteroatoms. The molecule has 0 aliphatic rings. The van der Waals surface area contributed by atoms with Crippen LogP contribution in [0, 0.1) is 18.4 Å². The van der Waals surface area contributed by atoms with Crippen LogP contribution >= 0.6 is 0 Å². The van der Waals surface area contributed by atoms with Crippen molar-refractivity contribution in [3.63, 3.8) is 0 Å². The van der Waals surface area contributed by atoms with Crippen molar-refractivity contribution in [1.82, 2.24) is 0 Å². The van der Waals surface area contributed by atoms with Crippen molar-refractivity contribution in [1.29, 1.82) is 0 Å². The SMILES string of the molecule is Cc1c(N)cc(C[B-](F)(F)F)cc1C#C[Si](C)(C)C. The molecule has 0 spiro atoms. The molecule has 0 saturated heterocycles. The smallest absolute Gasteiger partial charge is 0.449 e. The van der Waals surface area contributed by atoms with Gasteiger partial charge in [0, 0.05) is 11.3 Å². The van der Waals surface area contributed by atoms with Gasteiger partial charge in [0.25, 0.3) is 0 Å². The van der Waals surface area contributed by atoms with E-state index in [0.717, 1.165) is 5.56 Å². The summed E-state index contributed by atoms with van der Waals surface area (Å²) < 4.78 is 37.4. The van der Waals surface area contributed by atoms with Crippen LogP contribution in [0.3, 0.4) is 0 Å². The van der Waals surface area contributed by atoms with E-state index in [1.54, 1.807) is 6.92 Å². The Bertz CT molecular complexity index is 536. The Kier molecular flexibility index (Phi) is 4.41. The molecule has 0 fully saturated rings. The molecule has 1 nitrogen and oxygen atoms in total. The molecule has 0 saturated carbocycles. The minimum atomic E-state index is -4.85. The Hall–Kier alpha value is -1.35. The Labute approximate surface area is 113 Å². The first-order valence-electron chi connectivity index (χ1n) is 6.11. The third-order valence-corrected chi connectivity index (χ3v) is 3.42. The Balaban J connectivity index is 3.20. The highest BCUT2D eigenvalue weighted by Gasteiger charge is 2.23. The zero-order chi connectivity index (χ0) is 14.8. The molecule has 0 atom stereocenters. The van der Waals surface area contributed by atoms with E-state index >= 15 is 0 Å². The van der Waals surface area contributed by atoms with E-state index in [9.17, 15) is 12.9 Å². The predicted molar refractivity (Wildman–Crippen MR) is 78.6 cm³/mol. The topological polar surface area (TPSA) is 26.0 Å². The van der Waals surface area contributed by atoms with Gasteiger partial charge in [-0.15, -0.1) is 5.54 Å². The Morgan fingerprint density at radius 3 is 2.26 bits per heavy atom. The number of nitrogens with two attached hydrogens (primary N) is 1. The number of benzene rings is 1. The van der Waals surface area contributed by atoms with E-state index < -0.39 is 21.4 Å². The third kappa shape index (κ3) is 5.43. The van der Waals surface area contributed by atoms with Crippen molar-refractivity contribution in [2.75, 3.05) is 5.73 Å². The second kappa shape index (κ2) is 5.34. The molecule has 0 aliphatic carbocycles. The molecule has 0 amide bonds. The molecular weight excluding hydrogens is 266 g/mol. The van der Waals surface area contributed by atoms with Crippen LogP contribution in [0.15, 0.2) is 12.1 Å². The normalized spacial score (nSPS) is 11.9. The number of hydrogen-bond donors (Lipinski definition) is 1. The van der Waals surface area contributed by atoms with Gasteiger partial charge in [-0.2, -0.15) is 0 Å². The van der Waals surface area contributed by atoms with Gasteiger partial charge in [0.15, 0.2) is 0 Å². The minimum absolute atomic E-state index is 0.190. The van der Waals surface area contributed by atoms with Gasteiger partial charge >= 0.3 is 6.98 Å². The van der Waals surface area contributed by atoms with E-state index in [2.05, 4.69) is 31.1 Å². The molecular formula is C13H18BF3NSi-. The first-order chi connectivity index (χ1) is 8.48. The fourth-order valence-electron chi connectivity index (χ4n) is 1.57. The number of anilines is 1. The molecule has 1 aromatic carbocycles. The quantitative estimate of drug-likeness (QED) is 0.500. The second-order valence-corrected chi connectivity index (χ2v) is 10.5. The number of hydrogen-bond acceptors (Lipinski definition) is 1. The summed E-state index contributed by atoms with van der Waals surface area (Å²) in [5.41, 5.74) is 10.8. The average Bonchev–Trinajstić information content (AvgIpc) is 2.17. The van der Waals surface area contributed by atoms with Crippen LogP contribution < -0.4 is 5.73 Å². The molecule has 0 unspecified atom stereocenters. The van der Waals surface area contributed by atoms with Crippen LogP contribution in [-0.4, -0.2) is 15.1 Å². The summed E-state index contributed by atoms with van der Waals surface area (Å²) >= 11 is 0. The monoisotopic (exact) mass is 284 g/mol. The molecule has 0 aromatic heterocycles. The predicted octanol–water partition coefficient (Wildman–Crippen LogP) is 3.74. The molecule has 0 aliphatic heterocycles. The van der Waals surface area contributed by atoms with Crippen molar-refractivity contribution >= 4 is 20.7 Å². The van der Waals surface area contributed by atoms with Gasteiger partial charge in [-0.3, -0.25) is 0 Å². The van der Waals surface area contributed by atoms with Gasteiger partial charge < -0.3 is 18.7 Å². The van der Waals surface area contributed by atoms with Crippen LogP contribution in [0.5, 0.6) is 0 Å². The summed E-state index contributed by atoms with van der Waals surface area (Å²) in [7, 11) is -1.56. The summed E-state index contributed by atoms with van der Waals surface area (Å²) in [4.78, 5) is 0. The zero-order valence-corrected chi connectivity index (χ0v) is 12.7. The molecule has 104 valence electrons. The molecule has 2 N–H and O–H groups in total. The molecule has 0 radical (unpaired) electrons. The van der Waals surface area contributed by atoms with E-state index in [0.29, 0.717) is 11.3 Å². The van der Waals surface area contributed by atoms with E-state index in [1.807, 2.05) is 0 Å². The lowest BCUT2D eigenvalue weighted by Crippen LogP contribution is -2.19. The van der Waals surface area contributed by atoms with Gasteiger partial charge in [-0.05, 0) is 24.6 Å². The molecule has 1 aromatic rings. The Morgan fingerprint density at radius 1 is 1.21 bits per heavy atom. The van der Waals surface area contributed by atoms with Gasteiger partial charge in [0.2, 0.25) is 0 Å². The third-order valence-electron chi connectivity index (χ3n) is 2.55. The van der Waals surface area contributed by atoms with E-state index in [1.165, 1.54) is 12.1 Å². The van der Waals surface area contributed by atoms with Crippen molar-refractivity contribution in [2.45, 2.75) is 32.9 Å². The van der Waals surface area contributed by atoms with Crippen molar-refractivity contribution < 1.29 is 12.9 Å². The number of halogens is 3. The fourth-order valence-corrected chi connectivity index (χ4v) is 2.08. The van der Waals surface area contributed by atoms with Crippen LogP contribution in [0.4, 0.5) is 18.6 Å². The Morgan fingerprint density at radius 2 is 1.79 bits per heavy atom.